The van der Waals surface area contributed by atoms with Crippen molar-refractivity contribution in [3.8, 4) is 17.2 Å². The molecular weight excluding hydrogens is 358 g/mol. The second kappa shape index (κ2) is 8.90. The molecule has 3 aromatic rings. The summed E-state index contributed by atoms with van der Waals surface area (Å²) in [7, 11) is 4.70. The van der Waals surface area contributed by atoms with Gasteiger partial charge >= 0.3 is 0 Å². The molecule has 8 heteroatoms. The van der Waals surface area contributed by atoms with E-state index in [0.717, 1.165) is 11.3 Å². The lowest BCUT2D eigenvalue weighted by molar-refractivity contribution is 0.324. The minimum Gasteiger partial charge on any atom is -0.493 e. The van der Waals surface area contributed by atoms with Gasteiger partial charge in [-0.15, -0.1) is 5.10 Å². The molecule has 146 valence electrons. The fraction of sp³-hybridized carbons (Fsp3) is 0.250. The van der Waals surface area contributed by atoms with Crippen molar-refractivity contribution in [2.45, 2.75) is 13.5 Å². The van der Waals surface area contributed by atoms with Gasteiger partial charge in [-0.1, -0.05) is 29.8 Å². The van der Waals surface area contributed by atoms with Crippen LogP contribution in [0.5, 0.6) is 17.2 Å². The molecule has 8 nitrogen and oxygen atoms in total. The van der Waals surface area contributed by atoms with Crippen LogP contribution in [0.2, 0.25) is 0 Å². The number of rotatable bonds is 8. The van der Waals surface area contributed by atoms with E-state index in [-0.39, 0.29) is 0 Å². The van der Waals surface area contributed by atoms with Gasteiger partial charge in [0.1, 0.15) is 0 Å². The molecule has 3 rings (SSSR count). The molecule has 0 unspecified atom stereocenters. The zero-order chi connectivity index (χ0) is 19.9. The van der Waals surface area contributed by atoms with E-state index in [2.05, 4.69) is 57.0 Å². The topological polar surface area (TPSA) is 90.4 Å². The van der Waals surface area contributed by atoms with E-state index < -0.39 is 0 Å². The van der Waals surface area contributed by atoms with E-state index >= 15 is 0 Å². The summed E-state index contributed by atoms with van der Waals surface area (Å²) in [6.45, 7) is 2.66. The maximum atomic E-state index is 5.37. The monoisotopic (exact) mass is 381 g/mol. The Kier molecular flexibility index (Phi) is 6.11. The number of ether oxygens (including phenoxy) is 3. The lowest BCUT2D eigenvalue weighted by Gasteiger charge is -2.15. The molecular formula is C20H23N5O3. The Labute approximate surface area is 163 Å². The number of hydrogen-bond donors (Lipinski definition) is 2. The lowest BCUT2D eigenvalue weighted by atomic mass is 10.1. The number of benzene rings is 2. The van der Waals surface area contributed by atoms with E-state index in [9.17, 15) is 0 Å². The Morgan fingerprint density at radius 1 is 0.929 bits per heavy atom. The normalized spacial score (nSPS) is 10.3. The molecule has 0 amide bonds. The summed E-state index contributed by atoms with van der Waals surface area (Å²) in [6, 6.07) is 11.9. The summed E-state index contributed by atoms with van der Waals surface area (Å²) in [5, 5.41) is 14.4. The highest BCUT2D eigenvalue weighted by Gasteiger charge is 2.13. The van der Waals surface area contributed by atoms with Gasteiger partial charge in [0.2, 0.25) is 11.7 Å². The molecule has 0 aliphatic heterocycles. The number of nitrogens with zero attached hydrogens (tertiary/aromatic N) is 3. The second-order valence-corrected chi connectivity index (χ2v) is 6.04. The third-order valence-electron chi connectivity index (χ3n) is 4.07. The van der Waals surface area contributed by atoms with Crippen molar-refractivity contribution in [2.24, 2.45) is 0 Å². The van der Waals surface area contributed by atoms with E-state index in [1.807, 2.05) is 0 Å². The lowest BCUT2D eigenvalue weighted by Crippen LogP contribution is -2.06. The van der Waals surface area contributed by atoms with Gasteiger partial charge in [-0.05, 0) is 12.5 Å². The summed E-state index contributed by atoms with van der Waals surface area (Å²) in [5.41, 5.74) is 3.08. The van der Waals surface area contributed by atoms with Crippen molar-refractivity contribution in [2.75, 3.05) is 32.0 Å². The van der Waals surface area contributed by atoms with Gasteiger partial charge in [0.25, 0.3) is 0 Å². The van der Waals surface area contributed by atoms with Crippen LogP contribution in [0.3, 0.4) is 0 Å². The van der Waals surface area contributed by atoms with Crippen molar-refractivity contribution >= 4 is 17.5 Å². The molecule has 0 atom stereocenters. The van der Waals surface area contributed by atoms with Crippen LogP contribution >= 0.6 is 0 Å². The Hall–Kier alpha value is -3.55. The number of aromatic nitrogens is 3. The van der Waals surface area contributed by atoms with Gasteiger partial charge in [0.05, 0.1) is 27.5 Å². The zero-order valence-corrected chi connectivity index (χ0v) is 16.3. The molecule has 0 fully saturated rings. The summed E-state index contributed by atoms with van der Waals surface area (Å²) < 4.78 is 16.1. The van der Waals surface area contributed by atoms with Gasteiger partial charge in [-0.25, -0.2) is 0 Å². The second-order valence-electron chi connectivity index (χ2n) is 6.04. The summed E-state index contributed by atoms with van der Waals surface area (Å²) in [6.07, 6.45) is 1.54. The van der Waals surface area contributed by atoms with Gasteiger partial charge in [0.15, 0.2) is 17.3 Å². The number of nitrogens with one attached hydrogen (secondary N) is 2. The van der Waals surface area contributed by atoms with Crippen LogP contribution in [0.15, 0.2) is 42.6 Å². The minimum absolute atomic E-state index is 0.429. The number of hydrogen-bond acceptors (Lipinski definition) is 8. The SMILES string of the molecule is COc1cc(Nc2cnnc(NCc3ccc(C)cc3)n2)cc(OC)c1OC. The average Bonchev–Trinajstić information content (AvgIpc) is 2.73. The third kappa shape index (κ3) is 4.59. The van der Waals surface area contributed by atoms with Crippen LogP contribution in [-0.2, 0) is 6.54 Å². The fourth-order valence-electron chi connectivity index (χ4n) is 2.63. The third-order valence-corrected chi connectivity index (χ3v) is 4.07. The summed E-state index contributed by atoms with van der Waals surface area (Å²) in [4.78, 5) is 4.45. The predicted octanol–water partition coefficient (Wildman–Crippen LogP) is 3.56. The van der Waals surface area contributed by atoms with Gasteiger partial charge < -0.3 is 24.8 Å². The molecule has 0 aliphatic carbocycles. The van der Waals surface area contributed by atoms with Crippen LogP contribution in [-0.4, -0.2) is 36.5 Å². The van der Waals surface area contributed by atoms with Gasteiger partial charge in [-0.3, -0.25) is 0 Å². The largest absolute Gasteiger partial charge is 0.493 e. The number of aryl methyl sites for hydroxylation is 1. The van der Waals surface area contributed by atoms with Crippen LogP contribution in [0.4, 0.5) is 17.5 Å². The highest BCUT2D eigenvalue weighted by molar-refractivity contribution is 5.66. The quantitative estimate of drug-likeness (QED) is 0.612. The molecule has 0 radical (unpaired) electrons. The molecule has 0 saturated carbocycles. The molecule has 2 N–H and O–H groups in total. The zero-order valence-electron chi connectivity index (χ0n) is 16.3. The van der Waals surface area contributed by atoms with Crippen LogP contribution in [0, 0.1) is 6.92 Å². The van der Waals surface area contributed by atoms with E-state index in [0.29, 0.717) is 35.6 Å². The van der Waals surface area contributed by atoms with Crippen LogP contribution in [0.1, 0.15) is 11.1 Å². The van der Waals surface area contributed by atoms with E-state index in [1.54, 1.807) is 39.7 Å². The average molecular weight is 381 g/mol. The molecule has 0 aliphatic rings. The van der Waals surface area contributed by atoms with Crippen molar-refractivity contribution in [3.05, 3.63) is 53.7 Å². The maximum Gasteiger partial charge on any atom is 0.244 e. The first-order chi connectivity index (χ1) is 13.6. The minimum atomic E-state index is 0.429. The Bertz CT molecular complexity index is 906. The molecule has 1 aromatic heterocycles. The van der Waals surface area contributed by atoms with Crippen molar-refractivity contribution in [1.29, 1.82) is 0 Å². The fourth-order valence-corrected chi connectivity index (χ4v) is 2.63. The maximum absolute atomic E-state index is 5.37. The molecule has 0 bridgehead atoms. The first-order valence-electron chi connectivity index (χ1n) is 8.69. The Morgan fingerprint density at radius 2 is 1.61 bits per heavy atom. The van der Waals surface area contributed by atoms with Crippen molar-refractivity contribution in [3.63, 3.8) is 0 Å². The van der Waals surface area contributed by atoms with Gasteiger partial charge in [0, 0.05) is 24.4 Å². The first kappa shape index (κ1) is 19.2. The highest BCUT2D eigenvalue weighted by atomic mass is 16.5. The molecule has 2 aromatic carbocycles. The van der Waals surface area contributed by atoms with E-state index in [1.165, 1.54) is 5.56 Å². The van der Waals surface area contributed by atoms with Crippen molar-refractivity contribution < 1.29 is 14.2 Å². The number of anilines is 3. The smallest absolute Gasteiger partial charge is 0.244 e. The summed E-state index contributed by atoms with van der Waals surface area (Å²) in [5.74, 6) is 2.58. The first-order valence-corrected chi connectivity index (χ1v) is 8.69. The Morgan fingerprint density at radius 3 is 2.21 bits per heavy atom. The molecule has 28 heavy (non-hydrogen) atoms. The van der Waals surface area contributed by atoms with E-state index in [4.69, 9.17) is 14.2 Å². The number of methoxy groups -OCH3 is 3. The Balaban J connectivity index is 1.74. The molecule has 0 saturated heterocycles. The summed E-state index contributed by atoms with van der Waals surface area (Å²) >= 11 is 0. The standard InChI is InChI=1S/C20H23N5O3/c1-13-5-7-14(8-6-13)11-21-20-24-18(12-22-25-20)23-15-9-16(26-2)19(28-4)17(10-15)27-3/h5-10,12H,11H2,1-4H3,(H2,21,23,24,25). The molecule has 0 spiro atoms. The molecule has 1 heterocycles. The van der Waals surface area contributed by atoms with Crippen LogP contribution in [0.25, 0.3) is 0 Å². The highest BCUT2D eigenvalue weighted by Crippen LogP contribution is 2.40. The predicted molar refractivity (Wildman–Crippen MR) is 108 cm³/mol. The van der Waals surface area contributed by atoms with Crippen LogP contribution < -0.4 is 24.8 Å². The van der Waals surface area contributed by atoms with Gasteiger partial charge in [-0.2, -0.15) is 10.1 Å². The van der Waals surface area contributed by atoms with Crippen molar-refractivity contribution in [1.82, 2.24) is 15.2 Å².